The van der Waals surface area contributed by atoms with Gasteiger partial charge in [0, 0.05) is 18.2 Å². The van der Waals surface area contributed by atoms with E-state index in [0.29, 0.717) is 23.6 Å². The molecule has 1 N–H and O–H groups in total. The molecule has 5 nitrogen and oxygen atoms in total. The van der Waals surface area contributed by atoms with Crippen LogP contribution in [0.3, 0.4) is 0 Å². The number of benzene rings is 2. The Morgan fingerprint density at radius 3 is 2.55 bits per heavy atom. The maximum Gasteiger partial charge on any atom is 0.276 e. The molecule has 0 radical (unpaired) electrons. The Morgan fingerprint density at radius 2 is 1.85 bits per heavy atom. The molecule has 0 aliphatic heterocycles. The largest absolute Gasteiger partial charge is 0.456 e. The van der Waals surface area contributed by atoms with Crippen molar-refractivity contribution in [2.75, 3.05) is 7.05 Å². The predicted octanol–water partition coefficient (Wildman–Crippen LogP) is 3.41. The van der Waals surface area contributed by atoms with Crippen LogP contribution in [-0.2, 0) is 6.54 Å². The minimum atomic E-state index is -0.401. The van der Waals surface area contributed by atoms with Crippen LogP contribution in [0.4, 0.5) is 5.69 Å². The van der Waals surface area contributed by atoms with E-state index in [1.165, 1.54) is 6.07 Å². The summed E-state index contributed by atoms with van der Waals surface area (Å²) in [7, 11) is 1.86. The van der Waals surface area contributed by atoms with Crippen LogP contribution in [-0.4, -0.2) is 12.0 Å². The summed E-state index contributed by atoms with van der Waals surface area (Å²) >= 11 is 0. The Bertz CT molecular complexity index is 626. The quantitative estimate of drug-likeness (QED) is 0.669. The summed E-state index contributed by atoms with van der Waals surface area (Å²) in [6.45, 7) is 2.36. The second kappa shape index (κ2) is 6.16. The molecule has 2 aromatic carbocycles. The molecule has 0 saturated heterocycles. The molecule has 0 spiro atoms. The van der Waals surface area contributed by atoms with Crippen molar-refractivity contribution in [1.82, 2.24) is 5.32 Å². The molecule has 5 heteroatoms. The van der Waals surface area contributed by atoms with E-state index < -0.39 is 4.92 Å². The molecule has 0 saturated carbocycles. The van der Waals surface area contributed by atoms with E-state index >= 15 is 0 Å². The van der Waals surface area contributed by atoms with Crippen LogP contribution in [0.1, 0.15) is 11.1 Å². The number of ether oxygens (including phenoxy) is 1. The summed E-state index contributed by atoms with van der Waals surface area (Å²) < 4.78 is 5.84. The summed E-state index contributed by atoms with van der Waals surface area (Å²) in [5.74, 6) is 1.20. The van der Waals surface area contributed by atoms with Crippen LogP contribution in [0, 0.1) is 17.0 Å². The van der Waals surface area contributed by atoms with Crippen LogP contribution in [0.2, 0.25) is 0 Å². The number of nitrogens with zero attached hydrogens (tertiary/aromatic N) is 1. The summed E-state index contributed by atoms with van der Waals surface area (Å²) in [6, 6.07) is 12.5. The first-order valence-electron chi connectivity index (χ1n) is 6.28. The van der Waals surface area contributed by atoms with E-state index in [1.807, 2.05) is 31.3 Å². The standard InChI is InChI=1S/C15H16N2O3/c1-11-13(17(18)19)7-5-9-14(11)20-15-8-4-3-6-12(15)10-16-2/h3-9,16H,10H2,1-2H3. The summed E-state index contributed by atoms with van der Waals surface area (Å²) in [5.41, 5.74) is 1.59. The third-order valence-corrected chi connectivity index (χ3v) is 3.01. The topological polar surface area (TPSA) is 64.4 Å². The highest BCUT2D eigenvalue weighted by Crippen LogP contribution is 2.32. The lowest BCUT2D eigenvalue weighted by Gasteiger charge is -2.12. The maximum atomic E-state index is 10.9. The van der Waals surface area contributed by atoms with Crippen molar-refractivity contribution in [3.8, 4) is 11.5 Å². The molecule has 0 atom stereocenters. The zero-order chi connectivity index (χ0) is 14.5. The van der Waals surface area contributed by atoms with Gasteiger partial charge in [0.05, 0.1) is 10.5 Å². The number of nitro benzene ring substituents is 1. The molecule has 20 heavy (non-hydrogen) atoms. The Kier molecular flexibility index (Phi) is 4.32. The first kappa shape index (κ1) is 14.0. The van der Waals surface area contributed by atoms with Crippen molar-refractivity contribution >= 4 is 5.69 Å². The van der Waals surface area contributed by atoms with Gasteiger partial charge in [-0.2, -0.15) is 0 Å². The molecule has 0 aromatic heterocycles. The molecule has 0 fully saturated rings. The third-order valence-electron chi connectivity index (χ3n) is 3.01. The smallest absolute Gasteiger partial charge is 0.276 e. The van der Waals surface area contributed by atoms with Crippen LogP contribution in [0.25, 0.3) is 0 Å². The van der Waals surface area contributed by atoms with Gasteiger partial charge < -0.3 is 10.1 Å². The fourth-order valence-electron chi connectivity index (χ4n) is 1.97. The third kappa shape index (κ3) is 2.95. The van der Waals surface area contributed by atoms with E-state index in [1.54, 1.807) is 19.1 Å². The maximum absolute atomic E-state index is 10.9. The number of nitrogens with one attached hydrogen (secondary N) is 1. The molecule has 0 aliphatic rings. The van der Waals surface area contributed by atoms with Crippen molar-refractivity contribution in [3.63, 3.8) is 0 Å². The fraction of sp³-hybridized carbons (Fsp3) is 0.200. The lowest BCUT2D eigenvalue weighted by Crippen LogP contribution is -2.06. The van der Waals surface area contributed by atoms with E-state index in [-0.39, 0.29) is 5.69 Å². The monoisotopic (exact) mass is 272 g/mol. The van der Waals surface area contributed by atoms with Gasteiger partial charge in [-0.1, -0.05) is 24.3 Å². The van der Waals surface area contributed by atoms with Crippen molar-refractivity contribution in [2.24, 2.45) is 0 Å². The molecule has 0 aliphatic carbocycles. The van der Waals surface area contributed by atoms with E-state index in [0.717, 1.165) is 5.56 Å². The SMILES string of the molecule is CNCc1ccccc1Oc1cccc([N+](=O)[O-])c1C. The highest BCUT2D eigenvalue weighted by molar-refractivity contribution is 5.50. The van der Waals surface area contributed by atoms with Crippen LogP contribution in [0.15, 0.2) is 42.5 Å². The molecule has 2 rings (SSSR count). The van der Waals surface area contributed by atoms with Crippen LogP contribution in [0.5, 0.6) is 11.5 Å². The van der Waals surface area contributed by atoms with Gasteiger partial charge in [-0.25, -0.2) is 0 Å². The zero-order valence-corrected chi connectivity index (χ0v) is 11.4. The summed E-state index contributed by atoms with van der Waals surface area (Å²) in [4.78, 5) is 10.5. The number of hydrogen-bond donors (Lipinski definition) is 1. The van der Waals surface area contributed by atoms with Gasteiger partial charge >= 0.3 is 0 Å². The molecular weight excluding hydrogens is 256 g/mol. The van der Waals surface area contributed by atoms with E-state index in [4.69, 9.17) is 4.74 Å². The minimum absolute atomic E-state index is 0.0635. The lowest BCUT2D eigenvalue weighted by atomic mass is 10.1. The molecule has 0 heterocycles. The molecule has 0 unspecified atom stereocenters. The Labute approximate surface area is 117 Å². The number of rotatable bonds is 5. The van der Waals surface area contributed by atoms with Gasteiger partial charge in [-0.05, 0) is 26.1 Å². The first-order chi connectivity index (χ1) is 9.63. The van der Waals surface area contributed by atoms with Crippen molar-refractivity contribution in [2.45, 2.75) is 13.5 Å². The molecule has 0 amide bonds. The average molecular weight is 272 g/mol. The number of hydrogen-bond acceptors (Lipinski definition) is 4. The predicted molar refractivity (Wildman–Crippen MR) is 77.1 cm³/mol. The molecule has 0 bridgehead atoms. The number of nitro groups is 1. The van der Waals surface area contributed by atoms with Crippen LogP contribution < -0.4 is 10.1 Å². The average Bonchev–Trinajstić information content (AvgIpc) is 2.43. The van der Waals surface area contributed by atoms with Crippen LogP contribution >= 0.6 is 0 Å². The highest BCUT2D eigenvalue weighted by Gasteiger charge is 2.15. The van der Waals surface area contributed by atoms with E-state index in [2.05, 4.69) is 5.32 Å². The van der Waals surface area contributed by atoms with Gasteiger partial charge in [0.25, 0.3) is 5.69 Å². The molecular formula is C15H16N2O3. The fourth-order valence-corrected chi connectivity index (χ4v) is 1.97. The second-order valence-corrected chi connectivity index (χ2v) is 4.40. The van der Waals surface area contributed by atoms with E-state index in [9.17, 15) is 10.1 Å². The molecule has 104 valence electrons. The highest BCUT2D eigenvalue weighted by atomic mass is 16.6. The Morgan fingerprint density at radius 1 is 1.15 bits per heavy atom. The van der Waals surface area contributed by atoms with Gasteiger partial charge in [-0.3, -0.25) is 10.1 Å². The second-order valence-electron chi connectivity index (χ2n) is 4.40. The summed E-state index contributed by atoms with van der Waals surface area (Å²) in [6.07, 6.45) is 0. The Balaban J connectivity index is 2.35. The van der Waals surface area contributed by atoms with Crippen molar-refractivity contribution in [3.05, 3.63) is 63.7 Å². The number of para-hydroxylation sites is 1. The normalized spacial score (nSPS) is 10.3. The van der Waals surface area contributed by atoms with Gasteiger partial charge in [0.2, 0.25) is 0 Å². The Hall–Kier alpha value is -2.40. The van der Waals surface area contributed by atoms with Gasteiger partial charge in [0.15, 0.2) is 0 Å². The van der Waals surface area contributed by atoms with Gasteiger partial charge in [-0.15, -0.1) is 0 Å². The van der Waals surface area contributed by atoms with Gasteiger partial charge in [0.1, 0.15) is 11.5 Å². The van der Waals surface area contributed by atoms with Crippen molar-refractivity contribution < 1.29 is 9.66 Å². The summed E-state index contributed by atoms with van der Waals surface area (Å²) in [5, 5.41) is 14.0. The molecule has 2 aromatic rings. The van der Waals surface area contributed by atoms with Crippen molar-refractivity contribution in [1.29, 1.82) is 0 Å². The lowest BCUT2D eigenvalue weighted by molar-refractivity contribution is -0.385. The first-order valence-corrected chi connectivity index (χ1v) is 6.28. The minimum Gasteiger partial charge on any atom is -0.456 e. The zero-order valence-electron chi connectivity index (χ0n) is 11.4.